The van der Waals surface area contributed by atoms with E-state index in [4.69, 9.17) is 16.7 Å². The van der Waals surface area contributed by atoms with Crippen molar-refractivity contribution in [3.05, 3.63) is 64.7 Å². The van der Waals surface area contributed by atoms with Crippen molar-refractivity contribution in [1.82, 2.24) is 5.01 Å². The highest BCUT2D eigenvalue weighted by molar-refractivity contribution is 6.31. The number of fused-ring (bicyclic) bond motifs is 1. The van der Waals surface area contributed by atoms with E-state index in [0.29, 0.717) is 10.6 Å². The molecular weight excluding hydrogens is 334 g/mol. The maximum absolute atomic E-state index is 13.1. The van der Waals surface area contributed by atoms with Crippen LogP contribution in [0.2, 0.25) is 5.02 Å². The third-order valence-electron chi connectivity index (χ3n) is 4.78. The first-order valence-corrected chi connectivity index (χ1v) is 9.12. The molecular formula is C20H20ClN3O. The molecule has 1 fully saturated rings. The Hall–Kier alpha value is -2.33. The first kappa shape index (κ1) is 16.2. The van der Waals surface area contributed by atoms with Crippen LogP contribution in [0, 0.1) is 0 Å². The van der Waals surface area contributed by atoms with E-state index < -0.39 is 6.17 Å². The minimum absolute atomic E-state index is 0.0858. The van der Waals surface area contributed by atoms with Gasteiger partial charge in [-0.3, -0.25) is 4.79 Å². The highest BCUT2D eigenvalue weighted by atomic mass is 35.5. The summed E-state index contributed by atoms with van der Waals surface area (Å²) in [6, 6.07) is 15.2. The Bertz CT molecular complexity index is 825. The Balaban J connectivity index is 1.79. The summed E-state index contributed by atoms with van der Waals surface area (Å²) in [5.41, 5.74) is 3.41. The molecule has 25 heavy (non-hydrogen) atoms. The van der Waals surface area contributed by atoms with E-state index in [9.17, 15) is 4.79 Å². The number of hydrazone groups is 1. The summed E-state index contributed by atoms with van der Waals surface area (Å²) >= 11 is 6.41. The highest BCUT2D eigenvalue weighted by Gasteiger charge is 2.34. The van der Waals surface area contributed by atoms with Gasteiger partial charge in [0.2, 0.25) is 0 Å². The van der Waals surface area contributed by atoms with Gasteiger partial charge in [0.25, 0.3) is 5.91 Å². The first-order valence-electron chi connectivity index (χ1n) is 8.74. The quantitative estimate of drug-likeness (QED) is 0.803. The number of carbonyl (C=O) groups is 1. The number of amides is 1. The summed E-state index contributed by atoms with van der Waals surface area (Å²) < 4.78 is 0. The number of para-hydroxylation sites is 1. The van der Waals surface area contributed by atoms with Gasteiger partial charge in [-0.2, -0.15) is 5.10 Å². The van der Waals surface area contributed by atoms with E-state index in [1.807, 2.05) is 48.5 Å². The minimum Gasteiger partial charge on any atom is -0.359 e. The summed E-state index contributed by atoms with van der Waals surface area (Å²) in [5.74, 6) is -0.0858. The van der Waals surface area contributed by atoms with Crippen LogP contribution in [0.4, 0.5) is 5.69 Å². The van der Waals surface area contributed by atoms with Gasteiger partial charge in [-0.1, -0.05) is 48.4 Å². The van der Waals surface area contributed by atoms with Crippen LogP contribution in [0.25, 0.3) is 0 Å². The molecule has 0 spiro atoms. The van der Waals surface area contributed by atoms with Gasteiger partial charge in [0, 0.05) is 22.0 Å². The maximum atomic E-state index is 13.1. The largest absolute Gasteiger partial charge is 0.359 e. The molecule has 0 saturated heterocycles. The van der Waals surface area contributed by atoms with Crippen LogP contribution in [0.5, 0.6) is 0 Å². The lowest BCUT2D eigenvalue weighted by molar-refractivity contribution is 0.0688. The molecule has 2 aliphatic rings. The summed E-state index contributed by atoms with van der Waals surface area (Å²) in [7, 11) is 0. The Morgan fingerprint density at radius 3 is 2.52 bits per heavy atom. The van der Waals surface area contributed by atoms with Crippen molar-refractivity contribution in [2.75, 3.05) is 5.32 Å². The molecule has 4 rings (SSSR count). The zero-order valence-corrected chi connectivity index (χ0v) is 14.7. The molecule has 1 saturated carbocycles. The third-order valence-corrected chi connectivity index (χ3v) is 5.13. The van der Waals surface area contributed by atoms with Crippen molar-refractivity contribution in [3.8, 4) is 0 Å². The SMILES string of the molecule is O=C1c2ccccc2NC(c2ccccc2Cl)N1N=C1CCCCC1. The van der Waals surface area contributed by atoms with Crippen LogP contribution in [-0.2, 0) is 0 Å². The molecule has 128 valence electrons. The van der Waals surface area contributed by atoms with Crippen molar-refractivity contribution in [2.24, 2.45) is 5.10 Å². The molecule has 4 nitrogen and oxygen atoms in total. The lowest BCUT2D eigenvalue weighted by Crippen LogP contribution is -2.40. The normalized spacial score (nSPS) is 20.0. The molecule has 0 aromatic heterocycles. The molecule has 0 bridgehead atoms. The Kier molecular flexibility index (Phi) is 4.45. The van der Waals surface area contributed by atoms with Gasteiger partial charge in [0.15, 0.2) is 6.17 Å². The average Bonchev–Trinajstić information content (AvgIpc) is 2.65. The van der Waals surface area contributed by atoms with Crippen LogP contribution in [-0.4, -0.2) is 16.6 Å². The lowest BCUT2D eigenvalue weighted by atomic mass is 9.99. The van der Waals surface area contributed by atoms with Gasteiger partial charge in [-0.15, -0.1) is 0 Å². The van der Waals surface area contributed by atoms with Crippen LogP contribution in [0.1, 0.15) is 54.2 Å². The van der Waals surface area contributed by atoms with Crippen LogP contribution < -0.4 is 5.32 Å². The van der Waals surface area contributed by atoms with Crippen LogP contribution in [0.15, 0.2) is 53.6 Å². The van der Waals surface area contributed by atoms with E-state index in [1.165, 1.54) is 6.42 Å². The number of nitrogens with zero attached hydrogens (tertiary/aromatic N) is 2. The monoisotopic (exact) mass is 353 g/mol. The standard InChI is InChI=1S/C20H20ClN3O/c21-17-12-6-4-10-15(17)19-22-18-13-7-5-11-16(18)20(25)24(19)23-14-8-2-1-3-9-14/h4-7,10-13,19,22H,1-3,8-9H2. The topological polar surface area (TPSA) is 44.7 Å². The Morgan fingerprint density at radius 1 is 1.00 bits per heavy atom. The van der Waals surface area contributed by atoms with Gasteiger partial charge in [-0.05, 0) is 43.9 Å². The molecule has 1 N–H and O–H groups in total. The molecule has 2 aromatic carbocycles. The Morgan fingerprint density at radius 2 is 1.72 bits per heavy atom. The van der Waals surface area contributed by atoms with Gasteiger partial charge in [0.1, 0.15) is 0 Å². The van der Waals surface area contributed by atoms with E-state index in [-0.39, 0.29) is 5.91 Å². The predicted molar refractivity (Wildman–Crippen MR) is 101 cm³/mol. The molecule has 1 aliphatic carbocycles. The average molecular weight is 354 g/mol. The number of hydrogen-bond donors (Lipinski definition) is 1. The summed E-state index contributed by atoms with van der Waals surface area (Å²) in [4.78, 5) is 13.1. The molecule has 1 atom stereocenters. The molecule has 1 aliphatic heterocycles. The van der Waals surface area contributed by atoms with Gasteiger partial charge < -0.3 is 5.32 Å². The number of benzene rings is 2. The van der Waals surface area contributed by atoms with Crippen molar-refractivity contribution in [3.63, 3.8) is 0 Å². The molecule has 2 aromatic rings. The highest BCUT2D eigenvalue weighted by Crippen LogP contribution is 2.36. The van der Waals surface area contributed by atoms with E-state index in [1.54, 1.807) is 5.01 Å². The summed E-state index contributed by atoms with van der Waals surface area (Å²) in [6.45, 7) is 0. The van der Waals surface area contributed by atoms with Crippen molar-refractivity contribution < 1.29 is 4.79 Å². The number of halogens is 1. The second-order valence-electron chi connectivity index (χ2n) is 6.49. The Labute approximate surface area is 152 Å². The smallest absolute Gasteiger partial charge is 0.278 e. The molecule has 0 radical (unpaired) electrons. The minimum atomic E-state index is -0.398. The fraction of sp³-hybridized carbons (Fsp3) is 0.300. The van der Waals surface area contributed by atoms with E-state index in [2.05, 4.69) is 5.32 Å². The number of hydrogen-bond acceptors (Lipinski definition) is 3. The second kappa shape index (κ2) is 6.89. The summed E-state index contributed by atoms with van der Waals surface area (Å²) in [5, 5.41) is 10.4. The van der Waals surface area contributed by atoms with Crippen LogP contribution >= 0.6 is 11.6 Å². The fourth-order valence-electron chi connectivity index (χ4n) is 3.47. The van der Waals surface area contributed by atoms with Crippen molar-refractivity contribution in [2.45, 2.75) is 38.3 Å². The molecule has 1 amide bonds. The number of anilines is 1. The van der Waals surface area contributed by atoms with E-state index in [0.717, 1.165) is 42.6 Å². The predicted octanol–water partition coefficient (Wildman–Crippen LogP) is 5.23. The zero-order valence-electron chi connectivity index (χ0n) is 13.9. The summed E-state index contributed by atoms with van der Waals surface area (Å²) in [6.07, 6.45) is 5.04. The van der Waals surface area contributed by atoms with Gasteiger partial charge in [0.05, 0.1) is 5.56 Å². The lowest BCUT2D eigenvalue weighted by Gasteiger charge is -2.35. The number of nitrogens with one attached hydrogen (secondary N) is 1. The van der Waals surface area contributed by atoms with Gasteiger partial charge in [-0.25, -0.2) is 5.01 Å². The van der Waals surface area contributed by atoms with E-state index >= 15 is 0 Å². The number of rotatable bonds is 2. The maximum Gasteiger partial charge on any atom is 0.278 e. The molecule has 5 heteroatoms. The second-order valence-corrected chi connectivity index (χ2v) is 6.90. The van der Waals surface area contributed by atoms with Crippen LogP contribution in [0.3, 0.4) is 0 Å². The van der Waals surface area contributed by atoms with Gasteiger partial charge >= 0.3 is 0 Å². The van der Waals surface area contributed by atoms with Crippen molar-refractivity contribution >= 4 is 28.9 Å². The zero-order chi connectivity index (χ0) is 17.2. The number of carbonyl (C=O) groups excluding carboxylic acids is 1. The molecule has 1 heterocycles. The fourth-order valence-corrected chi connectivity index (χ4v) is 3.71. The molecule has 1 unspecified atom stereocenters. The third kappa shape index (κ3) is 3.14. The van der Waals surface area contributed by atoms with Crippen molar-refractivity contribution in [1.29, 1.82) is 0 Å². The first-order chi connectivity index (χ1) is 12.2.